The molecule has 6 heteroatoms. The van der Waals surface area contributed by atoms with E-state index in [0.29, 0.717) is 17.8 Å². The highest BCUT2D eigenvalue weighted by molar-refractivity contribution is 14.1. The van der Waals surface area contributed by atoms with Crippen LogP contribution in [0.25, 0.3) is 0 Å². The van der Waals surface area contributed by atoms with E-state index in [0.717, 1.165) is 22.8 Å². The van der Waals surface area contributed by atoms with Crippen LogP contribution in [0.3, 0.4) is 0 Å². The summed E-state index contributed by atoms with van der Waals surface area (Å²) in [5.41, 5.74) is 6.53. The van der Waals surface area contributed by atoms with Gasteiger partial charge in [-0.15, -0.1) is 0 Å². The molecule has 3 heterocycles. The van der Waals surface area contributed by atoms with Crippen LogP contribution in [0.2, 0.25) is 0 Å². The van der Waals surface area contributed by atoms with E-state index in [-0.39, 0.29) is 12.1 Å². The van der Waals surface area contributed by atoms with Crippen LogP contribution in [0.1, 0.15) is 51.5 Å². The van der Waals surface area contributed by atoms with Crippen LogP contribution < -0.4 is 5.73 Å². The number of fused-ring (bicyclic) bond motifs is 2. The average molecular weight is 415 g/mol. The Hall–Kier alpha value is -1.05. The molecule has 2 aliphatic heterocycles. The number of aromatic nitrogens is 1. The number of carbonyl (C=O) groups excluding carboxylic acids is 1. The van der Waals surface area contributed by atoms with Crippen molar-refractivity contribution in [3.63, 3.8) is 0 Å². The van der Waals surface area contributed by atoms with Gasteiger partial charge in [0.15, 0.2) is 0 Å². The maximum Gasteiger partial charge on any atom is 0.410 e. The molecule has 2 aliphatic rings. The highest BCUT2D eigenvalue weighted by Gasteiger charge is 2.50. The molecule has 0 unspecified atom stereocenters. The van der Waals surface area contributed by atoms with Crippen LogP contribution in [0.15, 0.2) is 12.3 Å². The molecule has 1 aromatic heterocycles. The van der Waals surface area contributed by atoms with E-state index in [1.54, 1.807) is 0 Å². The lowest BCUT2D eigenvalue weighted by Crippen LogP contribution is -2.40. The number of nitrogen functional groups attached to an aromatic ring is 1. The van der Waals surface area contributed by atoms with Crippen molar-refractivity contribution in [3.05, 3.63) is 21.4 Å². The monoisotopic (exact) mass is 415 g/mol. The number of rotatable bonds is 1. The van der Waals surface area contributed by atoms with Crippen molar-refractivity contribution in [2.75, 3.05) is 5.73 Å². The third-order valence-corrected chi connectivity index (χ3v) is 5.32. The Morgan fingerprint density at radius 1 is 1.45 bits per heavy atom. The van der Waals surface area contributed by atoms with Gasteiger partial charge in [0.1, 0.15) is 11.4 Å². The van der Waals surface area contributed by atoms with Crippen molar-refractivity contribution >= 4 is 34.5 Å². The molecule has 1 aromatic rings. The number of carbonyl (C=O) groups is 1. The third-order valence-electron chi connectivity index (χ3n) is 4.46. The minimum atomic E-state index is -0.452. The molecule has 120 valence electrons. The Labute approximate surface area is 144 Å². The Morgan fingerprint density at radius 2 is 2.18 bits per heavy atom. The lowest BCUT2D eigenvalue weighted by atomic mass is 9.85. The zero-order valence-corrected chi connectivity index (χ0v) is 15.3. The average Bonchev–Trinajstić information content (AvgIpc) is 2.97. The number of halogens is 1. The van der Waals surface area contributed by atoms with Crippen LogP contribution in [0.5, 0.6) is 0 Å². The predicted molar refractivity (Wildman–Crippen MR) is 93.6 cm³/mol. The molecule has 3 atom stereocenters. The van der Waals surface area contributed by atoms with E-state index in [4.69, 9.17) is 10.5 Å². The molecule has 2 N–H and O–H groups in total. The quantitative estimate of drug-likeness (QED) is 0.713. The molecule has 3 rings (SSSR count). The van der Waals surface area contributed by atoms with Gasteiger partial charge >= 0.3 is 6.09 Å². The maximum absolute atomic E-state index is 12.5. The summed E-state index contributed by atoms with van der Waals surface area (Å²) in [7, 11) is 0. The summed E-state index contributed by atoms with van der Waals surface area (Å²) < 4.78 is 6.55. The third kappa shape index (κ3) is 2.89. The van der Waals surface area contributed by atoms with Gasteiger partial charge in [-0.3, -0.25) is 0 Å². The normalized spacial score (nSPS) is 27.3. The molecule has 2 bridgehead atoms. The standard InChI is InChI=1S/C16H22IN3O2/c1-16(2,3)22-15(21)20-10-4-5-13(20)11(7-10)9-6-12(17)14(18)19-8-9/h6,8,10-11,13H,4-5,7H2,1-3H3,(H2,18,19)/t10-,11+,13+/m0/s1. The minimum Gasteiger partial charge on any atom is -0.444 e. The molecular formula is C16H22IN3O2. The fraction of sp³-hybridized carbons (Fsp3) is 0.625. The molecule has 1 amide bonds. The predicted octanol–water partition coefficient (Wildman–Crippen LogP) is 3.52. The highest BCUT2D eigenvalue weighted by Crippen LogP contribution is 2.47. The molecule has 5 nitrogen and oxygen atoms in total. The van der Waals surface area contributed by atoms with Crippen LogP contribution in [0, 0.1) is 3.57 Å². The largest absolute Gasteiger partial charge is 0.444 e. The van der Waals surface area contributed by atoms with Gasteiger partial charge in [0.2, 0.25) is 0 Å². The van der Waals surface area contributed by atoms with Crippen molar-refractivity contribution in [3.8, 4) is 0 Å². The topological polar surface area (TPSA) is 68.5 Å². The highest BCUT2D eigenvalue weighted by atomic mass is 127. The van der Waals surface area contributed by atoms with Crippen molar-refractivity contribution in [2.24, 2.45) is 0 Å². The molecule has 0 radical (unpaired) electrons. The maximum atomic E-state index is 12.5. The smallest absolute Gasteiger partial charge is 0.410 e. The van der Waals surface area contributed by atoms with Gasteiger partial charge in [0.25, 0.3) is 0 Å². The second-order valence-corrected chi connectivity index (χ2v) is 8.33. The number of amides is 1. The first kappa shape index (κ1) is 15.8. The first-order chi connectivity index (χ1) is 10.3. The van der Waals surface area contributed by atoms with Crippen molar-refractivity contribution in [1.29, 1.82) is 0 Å². The summed E-state index contributed by atoms with van der Waals surface area (Å²) in [5, 5.41) is 0. The van der Waals surface area contributed by atoms with E-state index < -0.39 is 5.60 Å². The summed E-state index contributed by atoms with van der Waals surface area (Å²) in [5.74, 6) is 0.907. The zero-order chi connectivity index (χ0) is 16.1. The molecule has 0 spiro atoms. The lowest BCUT2D eigenvalue weighted by molar-refractivity contribution is 0.0213. The zero-order valence-electron chi connectivity index (χ0n) is 13.2. The molecule has 0 saturated carbocycles. The van der Waals surface area contributed by atoms with Crippen molar-refractivity contribution in [2.45, 2.75) is 63.6 Å². The van der Waals surface area contributed by atoms with Crippen LogP contribution in [0.4, 0.5) is 10.6 Å². The molecule has 2 fully saturated rings. The second kappa shape index (κ2) is 5.54. The second-order valence-electron chi connectivity index (χ2n) is 7.16. The fourth-order valence-corrected chi connectivity index (χ4v) is 4.11. The Balaban J connectivity index is 1.81. The lowest BCUT2D eigenvalue weighted by Gasteiger charge is -2.28. The number of nitrogens with zero attached hydrogens (tertiary/aromatic N) is 2. The molecule has 2 saturated heterocycles. The first-order valence-corrected chi connectivity index (χ1v) is 8.76. The van der Waals surface area contributed by atoms with Crippen molar-refractivity contribution < 1.29 is 9.53 Å². The summed E-state index contributed by atoms with van der Waals surface area (Å²) in [6, 6.07) is 2.61. The summed E-state index contributed by atoms with van der Waals surface area (Å²) in [6.45, 7) is 5.73. The van der Waals surface area contributed by atoms with Crippen LogP contribution in [-0.2, 0) is 4.74 Å². The van der Waals surface area contributed by atoms with Gasteiger partial charge in [0, 0.05) is 24.2 Å². The van der Waals surface area contributed by atoms with E-state index in [1.807, 2.05) is 31.9 Å². The number of hydrogen-bond donors (Lipinski definition) is 1. The summed E-state index contributed by atoms with van der Waals surface area (Å²) in [6.07, 6.45) is 4.78. The van der Waals surface area contributed by atoms with Crippen LogP contribution >= 0.6 is 22.6 Å². The first-order valence-electron chi connectivity index (χ1n) is 7.68. The Bertz CT molecular complexity index is 600. The van der Waals surface area contributed by atoms with Gasteiger partial charge in [-0.2, -0.15) is 0 Å². The molecular weight excluding hydrogens is 393 g/mol. The van der Waals surface area contributed by atoms with E-state index in [2.05, 4.69) is 33.6 Å². The van der Waals surface area contributed by atoms with Crippen molar-refractivity contribution in [1.82, 2.24) is 9.88 Å². The number of nitrogens with two attached hydrogens (primary N) is 1. The summed E-state index contributed by atoms with van der Waals surface area (Å²) >= 11 is 2.21. The van der Waals surface area contributed by atoms with Crippen LogP contribution in [-0.4, -0.2) is 33.7 Å². The van der Waals surface area contributed by atoms with Gasteiger partial charge in [-0.25, -0.2) is 9.78 Å². The SMILES string of the molecule is CC(C)(C)OC(=O)N1[C@H]2CC[C@@H]1[C@@H](c1cnc(N)c(I)c1)C2. The molecule has 0 aliphatic carbocycles. The number of pyridine rings is 1. The van der Waals surface area contributed by atoms with E-state index >= 15 is 0 Å². The molecule has 0 aromatic carbocycles. The van der Waals surface area contributed by atoms with E-state index in [9.17, 15) is 4.79 Å². The number of hydrogen-bond acceptors (Lipinski definition) is 4. The van der Waals surface area contributed by atoms with Gasteiger partial charge in [-0.05, 0) is 74.3 Å². The number of ether oxygens (including phenoxy) is 1. The fourth-order valence-electron chi connectivity index (χ4n) is 3.61. The Morgan fingerprint density at radius 3 is 2.82 bits per heavy atom. The minimum absolute atomic E-state index is 0.180. The summed E-state index contributed by atoms with van der Waals surface area (Å²) in [4.78, 5) is 18.7. The van der Waals surface area contributed by atoms with Gasteiger partial charge < -0.3 is 15.4 Å². The van der Waals surface area contributed by atoms with E-state index in [1.165, 1.54) is 5.56 Å². The van der Waals surface area contributed by atoms with Gasteiger partial charge in [0.05, 0.1) is 3.57 Å². The Kier molecular flexibility index (Phi) is 3.99. The molecule has 22 heavy (non-hydrogen) atoms. The van der Waals surface area contributed by atoms with Gasteiger partial charge in [-0.1, -0.05) is 0 Å². The number of anilines is 1.